The van der Waals surface area contributed by atoms with E-state index in [0.717, 1.165) is 0 Å². The fraction of sp³-hybridized carbons (Fsp3) is 0.200. The van der Waals surface area contributed by atoms with E-state index < -0.39 is 47.3 Å². The lowest BCUT2D eigenvalue weighted by Crippen LogP contribution is -2.54. The number of carboxylic acid groups (broad SMARTS) is 1. The highest BCUT2D eigenvalue weighted by molar-refractivity contribution is 6.34. The maximum absolute atomic E-state index is 13.2. The molecule has 0 bridgehead atoms. The molecule has 0 saturated heterocycles. The average Bonchev–Trinajstić information content (AvgIpc) is 2.97. The Morgan fingerprint density at radius 3 is 1.64 bits per heavy atom. The average molecular weight is 644 g/mol. The molecule has 0 unspecified atom stereocenters. The Morgan fingerprint density at radius 2 is 1.18 bits per heavy atom. The first kappa shape index (κ1) is 33.6. The Balaban J connectivity index is 1.81. The Kier molecular flexibility index (Phi) is 11.1. The number of hydrogen-bond donors (Lipinski definition) is 4. The van der Waals surface area contributed by atoms with Crippen molar-refractivity contribution in [2.75, 3.05) is 5.32 Å². The highest BCUT2D eigenvalue weighted by Gasteiger charge is 2.41. The lowest BCUT2D eigenvalue weighted by molar-refractivity contribution is -0.159. The van der Waals surface area contributed by atoms with Crippen molar-refractivity contribution >= 4 is 64.5 Å². The molecule has 0 spiro atoms. The zero-order chi connectivity index (χ0) is 32.6. The summed E-state index contributed by atoms with van der Waals surface area (Å²) in [5.41, 5.74) is 3.44. The summed E-state index contributed by atoms with van der Waals surface area (Å²) in [4.78, 5) is 75.9. The Bertz CT molecular complexity index is 1590. The third-order valence-electron chi connectivity index (χ3n) is 5.82. The van der Waals surface area contributed by atoms with Crippen LogP contribution in [0.5, 0.6) is 0 Å². The number of benzene rings is 3. The van der Waals surface area contributed by atoms with Gasteiger partial charge >= 0.3 is 17.9 Å². The minimum Gasteiger partial charge on any atom is -0.478 e. The second kappa shape index (κ2) is 14.5. The SMILES string of the molecule is CC(C)(C)C(=O)Nc1ccc(C(=O)NNC(=O)[C@@H](OC(=O)c2ccccc2Cl)[C@@H](OC(=O)c2ccccc2Cl)C(=O)O)cc1. The summed E-state index contributed by atoms with van der Waals surface area (Å²) in [6.07, 6.45) is -4.69. The molecular weight excluding hydrogens is 617 g/mol. The maximum Gasteiger partial charge on any atom is 0.349 e. The first-order valence-corrected chi connectivity index (χ1v) is 13.6. The first-order chi connectivity index (χ1) is 20.7. The monoisotopic (exact) mass is 643 g/mol. The van der Waals surface area contributed by atoms with Crippen molar-refractivity contribution in [1.82, 2.24) is 10.9 Å². The van der Waals surface area contributed by atoms with Crippen molar-refractivity contribution in [1.29, 1.82) is 0 Å². The maximum atomic E-state index is 13.2. The number of esters is 2. The molecule has 44 heavy (non-hydrogen) atoms. The number of hydrogen-bond acceptors (Lipinski definition) is 8. The third-order valence-corrected chi connectivity index (χ3v) is 6.48. The third kappa shape index (κ3) is 8.79. The Hall–Kier alpha value is -4.94. The second-order valence-corrected chi connectivity index (χ2v) is 11.0. The molecule has 0 fully saturated rings. The fourth-order valence-corrected chi connectivity index (χ4v) is 3.82. The molecule has 230 valence electrons. The number of halogens is 2. The molecule has 0 heterocycles. The molecule has 2 atom stereocenters. The van der Waals surface area contributed by atoms with Crippen LogP contribution in [0.25, 0.3) is 0 Å². The lowest BCUT2D eigenvalue weighted by atomic mass is 9.95. The van der Waals surface area contributed by atoms with Crippen molar-refractivity contribution in [2.24, 2.45) is 5.41 Å². The number of anilines is 1. The van der Waals surface area contributed by atoms with Gasteiger partial charge in [-0.1, -0.05) is 68.2 Å². The topological polar surface area (TPSA) is 177 Å². The van der Waals surface area contributed by atoms with Crippen LogP contribution >= 0.6 is 23.2 Å². The van der Waals surface area contributed by atoms with Gasteiger partial charge in [-0.2, -0.15) is 0 Å². The van der Waals surface area contributed by atoms with Crippen LogP contribution in [0.2, 0.25) is 10.0 Å². The molecule has 0 aliphatic heterocycles. The molecule has 3 aromatic rings. The van der Waals surface area contributed by atoms with E-state index in [2.05, 4.69) is 10.7 Å². The van der Waals surface area contributed by atoms with Crippen LogP contribution in [-0.4, -0.2) is 52.9 Å². The second-order valence-electron chi connectivity index (χ2n) is 10.2. The van der Waals surface area contributed by atoms with Crippen LogP contribution < -0.4 is 16.2 Å². The number of aliphatic carboxylic acids is 1. The van der Waals surface area contributed by atoms with E-state index in [1.165, 1.54) is 72.8 Å². The number of rotatable bonds is 9. The molecular formula is C30H27Cl2N3O9. The number of carbonyl (C=O) groups excluding carboxylic acids is 5. The summed E-state index contributed by atoms with van der Waals surface area (Å²) in [6, 6.07) is 16.8. The van der Waals surface area contributed by atoms with Crippen molar-refractivity contribution < 1.29 is 43.3 Å². The normalized spacial score (nSPS) is 12.2. The van der Waals surface area contributed by atoms with Gasteiger partial charge in [0.1, 0.15) is 0 Å². The largest absolute Gasteiger partial charge is 0.478 e. The molecule has 4 N–H and O–H groups in total. The van der Waals surface area contributed by atoms with Crippen molar-refractivity contribution in [2.45, 2.75) is 33.0 Å². The number of amides is 3. The van der Waals surface area contributed by atoms with Crippen LogP contribution in [0.4, 0.5) is 5.69 Å². The molecule has 14 heteroatoms. The zero-order valence-corrected chi connectivity index (χ0v) is 25.1. The summed E-state index contributed by atoms with van der Waals surface area (Å²) < 4.78 is 10.2. The smallest absolute Gasteiger partial charge is 0.349 e. The molecule has 0 saturated carbocycles. The van der Waals surface area contributed by atoms with Crippen molar-refractivity contribution in [3.8, 4) is 0 Å². The molecule has 3 amide bonds. The van der Waals surface area contributed by atoms with Crippen LogP contribution in [0.3, 0.4) is 0 Å². The minimum absolute atomic E-state index is 0.0450. The predicted molar refractivity (Wildman–Crippen MR) is 159 cm³/mol. The summed E-state index contributed by atoms with van der Waals surface area (Å²) in [5, 5.41) is 12.4. The highest BCUT2D eigenvalue weighted by Crippen LogP contribution is 2.21. The quantitative estimate of drug-likeness (QED) is 0.196. The van der Waals surface area contributed by atoms with E-state index in [9.17, 15) is 33.9 Å². The van der Waals surface area contributed by atoms with Crippen LogP contribution in [0.1, 0.15) is 51.8 Å². The molecule has 0 aliphatic carbocycles. The molecule has 12 nitrogen and oxygen atoms in total. The van der Waals surface area contributed by atoms with Gasteiger partial charge in [0.2, 0.25) is 18.1 Å². The van der Waals surface area contributed by atoms with Gasteiger partial charge in [-0.25, -0.2) is 14.4 Å². The molecule has 3 rings (SSSR count). The van der Waals surface area contributed by atoms with E-state index in [4.69, 9.17) is 32.7 Å². The number of carbonyl (C=O) groups is 6. The van der Waals surface area contributed by atoms with Crippen LogP contribution in [0.15, 0.2) is 72.8 Å². The molecule has 3 aromatic carbocycles. The summed E-state index contributed by atoms with van der Waals surface area (Å²) in [6.45, 7) is 5.20. The number of ether oxygens (including phenoxy) is 2. The summed E-state index contributed by atoms with van der Waals surface area (Å²) in [5.74, 6) is -6.73. The Labute approximate surface area is 261 Å². The minimum atomic E-state index is -2.38. The fourth-order valence-electron chi connectivity index (χ4n) is 3.39. The summed E-state index contributed by atoms with van der Waals surface area (Å²) in [7, 11) is 0. The van der Waals surface area contributed by atoms with Gasteiger partial charge in [0.15, 0.2) is 0 Å². The molecule has 0 aromatic heterocycles. The number of nitrogens with one attached hydrogen (secondary N) is 3. The van der Waals surface area contributed by atoms with Gasteiger partial charge in [-0.3, -0.25) is 25.2 Å². The van der Waals surface area contributed by atoms with Gasteiger partial charge in [-0.05, 0) is 48.5 Å². The number of hydrazine groups is 1. The van der Waals surface area contributed by atoms with Gasteiger partial charge < -0.3 is 19.9 Å². The highest BCUT2D eigenvalue weighted by atomic mass is 35.5. The van der Waals surface area contributed by atoms with Crippen molar-refractivity contribution in [3.63, 3.8) is 0 Å². The van der Waals surface area contributed by atoms with E-state index in [1.54, 1.807) is 20.8 Å². The standard InChI is InChI=1S/C30H27Cl2N3O9/c1-30(2,3)29(42)33-17-14-12-16(13-15-17)24(36)34-35-25(37)22(43-27(40)18-8-4-6-10-20(18)31)23(26(38)39)44-28(41)19-9-5-7-11-21(19)32/h4-15,22-23H,1-3H3,(H,33,42)(H,34,36)(H,35,37)(H,38,39)/t22-,23+/m0/s1. The van der Waals surface area contributed by atoms with Gasteiger partial charge in [-0.15, -0.1) is 0 Å². The van der Waals surface area contributed by atoms with E-state index in [0.29, 0.717) is 5.69 Å². The summed E-state index contributed by atoms with van der Waals surface area (Å²) >= 11 is 12.0. The van der Waals surface area contributed by atoms with Gasteiger partial charge in [0, 0.05) is 16.7 Å². The van der Waals surface area contributed by atoms with E-state index in [-0.39, 0.29) is 32.6 Å². The molecule has 0 aliphatic rings. The Morgan fingerprint density at radius 1 is 0.705 bits per heavy atom. The van der Waals surface area contributed by atoms with Crippen LogP contribution in [0, 0.1) is 5.41 Å². The molecule has 0 radical (unpaired) electrons. The number of carboxylic acids is 1. The first-order valence-electron chi connectivity index (χ1n) is 12.8. The zero-order valence-electron chi connectivity index (χ0n) is 23.6. The van der Waals surface area contributed by atoms with Gasteiger partial charge in [0.25, 0.3) is 11.8 Å². The van der Waals surface area contributed by atoms with E-state index >= 15 is 0 Å². The predicted octanol–water partition coefficient (Wildman–Crippen LogP) is 4.27. The van der Waals surface area contributed by atoms with Crippen LogP contribution in [-0.2, 0) is 23.9 Å². The van der Waals surface area contributed by atoms with Crippen molar-refractivity contribution in [3.05, 3.63) is 99.5 Å². The van der Waals surface area contributed by atoms with E-state index in [1.807, 2.05) is 5.43 Å². The van der Waals surface area contributed by atoms with Gasteiger partial charge in [0.05, 0.1) is 21.2 Å². The lowest BCUT2D eigenvalue weighted by Gasteiger charge is -2.24.